The number of carbonyl (C=O) groups is 2. The summed E-state index contributed by atoms with van der Waals surface area (Å²) in [5.41, 5.74) is 1.73. The van der Waals surface area contributed by atoms with E-state index in [1.807, 2.05) is 6.07 Å². The third kappa shape index (κ3) is 5.58. The number of rotatable bonds is 8. The van der Waals surface area contributed by atoms with E-state index in [0.29, 0.717) is 16.9 Å². The van der Waals surface area contributed by atoms with Crippen LogP contribution in [0.15, 0.2) is 66.8 Å². The molecule has 0 spiro atoms. The highest BCUT2D eigenvalue weighted by molar-refractivity contribution is 5.98. The molecule has 0 radical (unpaired) electrons. The Kier molecular flexibility index (Phi) is 7.55. The second-order valence-electron chi connectivity index (χ2n) is 5.57. The molecule has 0 saturated carbocycles. The summed E-state index contributed by atoms with van der Waals surface area (Å²) in [6.45, 7) is 3.73. The van der Waals surface area contributed by atoms with Gasteiger partial charge in [0.15, 0.2) is 0 Å². The highest BCUT2D eigenvalue weighted by atomic mass is 16.5. The summed E-state index contributed by atoms with van der Waals surface area (Å²) in [5.74, 6) is -0.630. The lowest BCUT2D eigenvalue weighted by molar-refractivity contribution is -0.137. The van der Waals surface area contributed by atoms with Gasteiger partial charge in [0.2, 0.25) is 0 Å². The van der Waals surface area contributed by atoms with Crippen molar-refractivity contribution < 1.29 is 23.8 Å². The number of benzene rings is 2. The van der Waals surface area contributed by atoms with Crippen LogP contribution in [0.1, 0.15) is 21.5 Å². The summed E-state index contributed by atoms with van der Waals surface area (Å²) in [6.07, 6.45) is 2.84. The topological polar surface area (TPSA) is 85.6 Å². The molecule has 2 aromatic rings. The van der Waals surface area contributed by atoms with Crippen LogP contribution in [0.25, 0.3) is 6.08 Å². The Morgan fingerprint density at radius 1 is 1.14 bits per heavy atom. The van der Waals surface area contributed by atoms with E-state index in [-0.39, 0.29) is 18.8 Å². The Balaban J connectivity index is 2.14. The first-order valence-corrected chi connectivity index (χ1v) is 8.38. The van der Waals surface area contributed by atoms with Gasteiger partial charge < -0.3 is 14.2 Å². The van der Waals surface area contributed by atoms with Crippen LogP contribution in [0.3, 0.4) is 0 Å². The maximum atomic E-state index is 11.9. The highest BCUT2D eigenvalue weighted by Gasteiger charge is 2.12. The Bertz CT molecular complexity index is 923. The Morgan fingerprint density at radius 3 is 2.50 bits per heavy atom. The van der Waals surface area contributed by atoms with E-state index in [4.69, 9.17) is 9.47 Å². The van der Waals surface area contributed by atoms with Gasteiger partial charge in [-0.05, 0) is 29.8 Å². The van der Waals surface area contributed by atoms with Crippen LogP contribution in [-0.2, 0) is 20.9 Å². The van der Waals surface area contributed by atoms with Crippen molar-refractivity contribution in [3.63, 3.8) is 0 Å². The molecule has 0 aromatic heterocycles. The van der Waals surface area contributed by atoms with Gasteiger partial charge in [-0.2, -0.15) is 5.26 Å². The van der Waals surface area contributed by atoms with Crippen molar-refractivity contribution >= 4 is 18.0 Å². The second-order valence-corrected chi connectivity index (χ2v) is 5.57. The minimum atomic E-state index is -0.726. The summed E-state index contributed by atoms with van der Waals surface area (Å²) < 4.78 is 15.4. The maximum Gasteiger partial charge on any atom is 0.349 e. The number of hydrogen-bond acceptors (Lipinski definition) is 6. The molecule has 2 aromatic carbocycles. The average molecular weight is 377 g/mol. The van der Waals surface area contributed by atoms with Crippen molar-refractivity contribution in [2.45, 2.75) is 6.61 Å². The molecule has 0 aliphatic heterocycles. The van der Waals surface area contributed by atoms with E-state index in [2.05, 4.69) is 11.3 Å². The van der Waals surface area contributed by atoms with Crippen LogP contribution in [0.5, 0.6) is 5.75 Å². The largest absolute Gasteiger partial charge is 0.488 e. The fourth-order valence-corrected chi connectivity index (χ4v) is 2.25. The van der Waals surface area contributed by atoms with Gasteiger partial charge in [-0.1, -0.05) is 43.0 Å². The Labute approximate surface area is 163 Å². The molecule has 0 unspecified atom stereocenters. The first-order chi connectivity index (χ1) is 13.6. The van der Waals surface area contributed by atoms with Gasteiger partial charge in [0.05, 0.1) is 12.7 Å². The molecule has 0 aliphatic carbocycles. The normalized spacial score (nSPS) is 10.5. The van der Waals surface area contributed by atoms with E-state index >= 15 is 0 Å². The number of nitrogens with zero attached hydrogens (tertiary/aromatic N) is 1. The third-order valence-corrected chi connectivity index (χ3v) is 3.66. The first-order valence-electron chi connectivity index (χ1n) is 8.38. The molecule has 0 heterocycles. The Hall–Kier alpha value is -3.85. The van der Waals surface area contributed by atoms with E-state index in [1.54, 1.807) is 48.5 Å². The van der Waals surface area contributed by atoms with Crippen molar-refractivity contribution in [3.8, 4) is 11.8 Å². The van der Waals surface area contributed by atoms with Gasteiger partial charge in [-0.25, -0.2) is 9.59 Å². The fourth-order valence-electron chi connectivity index (χ4n) is 2.25. The number of ether oxygens (including phenoxy) is 3. The molecule has 0 saturated heterocycles. The predicted molar refractivity (Wildman–Crippen MR) is 103 cm³/mol. The maximum absolute atomic E-state index is 11.9. The first kappa shape index (κ1) is 20.5. The number of esters is 2. The number of nitriles is 1. The van der Waals surface area contributed by atoms with Crippen molar-refractivity contribution in [2.75, 3.05) is 13.7 Å². The summed E-state index contributed by atoms with van der Waals surface area (Å²) >= 11 is 0. The SMILES string of the molecule is C=CCOC(=O)C(C#N)=Cc1ccccc1OCc1ccc(C(=O)OC)cc1. The monoisotopic (exact) mass is 377 g/mol. The van der Waals surface area contributed by atoms with Crippen LogP contribution in [-0.4, -0.2) is 25.7 Å². The molecule has 0 fully saturated rings. The lowest BCUT2D eigenvalue weighted by Gasteiger charge is -2.10. The number of hydrogen-bond donors (Lipinski definition) is 0. The molecule has 6 nitrogen and oxygen atoms in total. The van der Waals surface area contributed by atoms with Crippen LogP contribution in [0, 0.1) is 11.3 Å². The molecule has 28 heavy (non-hydrogen) atoms. The van der Waals surface area contributed by atoms with Crippen molar-refractivity contribution in [3.05, 3.63) is 83.4 Å². The van der Waals surface area contributed by atoms with Gasteiger partial charge in [0.1, 0.15) is 30.6 Å². The lowest BCUT2D eigenvalue weighted by Crippen LogP contribution is -2.06. The molecule has 0 bridgehead atoms. The van der Waals surface area contributed by atoms with Crippen molar-refractivity contribution in [1.82, 2.24) is 0 Å². The van der Waals surface area contributed by atoms with Crippen molar-refractivity contribution in [1.29, 1.82) is 5.26 Å². The van der Waals surface area contributed by atoms with E-state index < -0.39 is 11.9 Å². The van der Waals surface area contributed by atoms with Gasteiger partial charge in [-0.15, -0.1) is 0 Å². The minimum absolute atomic E-state index is 0.0254. The standard InChI is InChI=1S/C22H19NO5/c1-3-12-27-22(25)19(14-23)13-18-6-4-5-7-20(18)28-15-16-8-10-17(11-9-16)21(24)26-2/h3-11,13H,1,12,15H2,2H3. The highest BCUT2D eigenvalue weighted by Crippen LogP contribution is 2.22. The summed E-state index contributed by atoms with van der Waals surface area (Å²) in [5, 5.41) is 9.22. The number of carbonyl (C=O) groups excluding carboxylic acids is 2. The zero-order chi connectivity index (χ0) is 20.4. The molecular weight excluding hydrogens is 358 g/mol. The average Bonchev–Trinajstić information content (AvgIpc) is 2.74. The van der Waals surface area contributed by atoms with E-state index in [0.717, 1.165) is 5.56 Å². The zero-order valence-corrected chi connectivity index (χ0v) is 15.4. The molecule has 0 N–H and O–H groups in total. The predicted octanol–water partition coefficient (Wildman–Crippen LogP) is 3.69. The molecule has 6 heteroatoms. The summed E-state index contributed by atoms with van der Waals surface area (Å²) in [7, 11) is 1.33. The number of methoxy groups -OCH3 is 1. The fraction of sp³-hybridized carbons (Fsp3) is 0.136. The quantitative estimate of drug-likeness (QED) is 0.302. The summed E-state index contributed by atoms with van der Waals surface area (Å²) in [6, 6.07) is 15.7. The molecule has 2 rings (SSSR count). The van der Waals surface area contributed by atoms with Crippen LogP contribution < -0.4 is 4.74 Å². The molecule has 0 atom stereocenters. The second kappa shape index (κ2) is 10.3. The lowest BCUT2D eigenvalue weighted by atomic mass is 10.1. The molecule has 0 aliphatic rings. The van der Waals surface area contributed by atoms with Gasteiger partial charge in [0.25, 0.3) is 0 Å². The minimum Gasteiger partial charge on any atom is -0.488 e. The Morgan fingerprint density at radius 2 is 1.86 bits per heavy atom. The smallest absolute Gasteiger partial charge is 0.349 e. The number of para-hydroxylation sites is 1. The summed E-state index contributed by atoms with van der Waals surface area (Å²) in [4.78, 5) is 23.4. The van der Waals surface area contributed by atoms with Crippen LogP contribution in [0.2, 0.25) is 0 Å². The van der Waals surface area contributed by atoms with Gasteiger partial charge >= 0.3 is 11.9 Å². The van der Waals surface area contributed by atoms with E-state index in [9.17, 15) is 14.9 Å². The van der Waals surface area contributed by atoms with Crippen LogP contribution >= 0.6 is 0 Å². The van der Waals surface area contributed by atoms with Gasteiger partial charge in [0, 0.05) is 5.56 Å². The molecule has 142 valence electrons. The van der Waals surface area contributed by atoms with Gasteiger partial charge in [-0.3, -0.25) is 0 Å². The zero-order valence-electron chi connectivity index (χ0n) is 15.4. The molecular formula is C22H19NO5. The van der Waals surface area contributed by atoms with E-state index in [1.165, 1.54) is 19.3 Å². The van der Waals surface area contributed by atoms with Crippen LogP contribution in [0.4, 0.5) is 0 Å². The third-order valence-electron chi connectivity index (χ3n) is 3.66. The molecule has 0 amide bonds. The van der Waals surface area contributed by atoms with Crippen molar-refractivity contribution in [2.24, 2.45) is 0 Å².